The second kappa shape index (κ2) is 12.1. The summed E-state index contributed by atoms with van der Waals surface area (Å²) in [5.41, 5.74) is 5.18. The monoisotopic (exact) mass is 645 g/mol. The molecule has 4 atom stereocenters. The molecule has 12 nitrogen and oxygen atoms in total. The van der Waals surface area contributed by atoms with Crippen LogP contribution >= 0.6 is 0 Å². The number of Topliss-reactive ketones (excluding diaryl/α,β-unsaturated/α-hetero) is 2. The van der Waals surface area contributed by atoms with Crippen molar-refractivity contribution >= 4 is 28.9 Å². The lowest BCUT2D eigenvalue weighted by Gasteiger charge is -2.50. The van der Waals surface area contributed by atoms with Gasteiger partial charge in [0.1, 0.15) is 22.8 Å². The number of hydrogen-bond acceptors (Lipinski definition) is 11. The van der Waals surface area contributed by atoms with Gasteiger partial charge in [0.15, 0.2) is 11.4 Å². The van der Waals surface area contributed by atoms with Crippen molar-refractivity contribution in [3.05, 3.63) is 75.6 Å². The largest absolute Gasteiger partial charge is 0.508 e. The summed E-state index contributed by atoms with van der Waals surface area (Å²) in [4.78, 5) is 47.9. The zero-order chi connectivity index (χ0) is 33.9. The van der Waals surface area contributed by atoms with Crippen molar-refractivity contribution in [1.29, 1.82) is 0 Å². The van der Waals surface area contributed by atoms with Crippen molar-refractivity contribution in [2.24, 2.45) is 17.6 Å². The number of fused-ring (bicyclic) bond motifs is 3. The zero-order valence-corrected chi connectivity index (χ0v) is 27.2. The number of amides is 1. The highest BCUT2D eigenvalue weighted by Gasteiger charge is 2.64. The van der Waals surface area contributed by atoms with Crippen molar-refractivity contribution in [2.45, 2.75) is 37.6 Å². The van der Waals surface area contributed by atoms with Crippen LogP contribution in [0.15, 0.2) is 53.3 Å². The predicted octanol–water partition coefficient (Wildman–Crippen LogP) is 1.35. The number of carbonyl (C=O) groups is 3. The third kappa shape index (κ3) is 5.29. The molecule has 2 aromatic carbocycles. The Hall–Kier alpha value is -4.23. The minimum atomic E-state index is -2.67. The van der Waals surface area contributed by atoms with Gasteiger partial charge in [0, 0.05) is 76.1 Å². The Morgan fingerprint density at radius 2 is 1.60 bits per heavy atom. The van der Waals surface area contributed by atoms with E-state index in [1.54, 1.807) is 14.1 Å². The number of piperazine rings is 1. The van der Waals surface area contributed by atoms with Crippen molar-refractivity contribution in [2.75, 3.05) is 59.3 Å². The molecule has 47 heavy (non-hydrogen) atoms. The van der Waals surface area contributed by atoms with E-state index >= 15 is 0 Å². The summed E-state index contributed by atoms with van der Waals surface area (Å²) in [5, 5.41) is 46.5. The number of aromatic hydroxyl groups is 1. The number of nitrogens with two attached hydrogens (primary N) is 1. The average Bonchev–Trinajstić information content (AvgIpc) is 3.01. The molecule has 6 N–H and O–H groups in total. The normalized spacial score (nSPS) is 26.7. The van der Waals surface area contributed by atoms with Crippen LogP contribution in [0.4, 0.5) is 5.69 Å². The number of carbonyl (C=O) groups excluding carboxylic acids is 3. The summed E-state index contributed by atoms with van der Waals surface area (Å²) in [6.07, 6.45) is 0.294. The lowest BCUT2D eigenvalue weighted by molar-refractivity contribution is -0.153. The third-order valence-corrected chi connectivity index (χ3v) is 10.4. The van der Waals surface area contributed by atoms with E-state index in [9.17, 15) is 34.8 Å². The molecular weight excluding hydrogens is 602 g/mol. The van der Waals surface area contributed by atoms with Crippen LogP contribution in [0.1, 0.15) is 28.7 Å². The van der Waals surface area contributed by atoms with Crippen LogP contribution in [0.5, 0.6) is 5.75 Å². The van der Waals surface area contributed by atoms with Crippen LogP contribution in [-0.4, -0.2) is 119 Å². The van der Waals surface area contributed by atoms with Gasteiger partial charge in [0.2, 0.25) is 5.78 Å². The highest BCUT2D eigenvalue weighted by atomic mass is 16.3. The lowest BCUT2D eigenvalue weighted by Crippen LogP contribution is -2.65. The van der Waals surface area contributed by atoms with Gasteiger partial charge in [-0.05, 0) is 50.0 Å². The predicted molar refractivity (Wildman–Crippen MR) is 176 cm³/mol. The van der Waals surface area contributed by atoms with Crippen LogP contribution in [0.25, 0.3) is 5.76 Å². The molecule has 1 aliphatic heterocycles. The fraction of sp³-hybridized carbons (Fsp3) is 0.457. The molecule has 3 aliphatic carbocycles. The topological polar surface area (TPSA) is 171 Å². The zero-order valence-electron chi connectivity index (χ0n) is 27.2. The molecule has 0 unspecified atom stereocenters. The molecule has 250 valence electrons. The van der Waals surface area contributed by atoms with E-state index in [0.717, 1.165) is 38.4 Å². The van der Waals surface area contributed by atoms with E-state index in [0.29, 0.717) is 17.7 Å². The molecule has 0 bridgehead atoms. The van der Waals surface area contributed by atoms with Crippen LogP contribution < -0.4 is 10.6 Å². The molecule has 2 fully saturated rings. The standard InChI is InChI=1S/C35H43N5O7/c1-37(2)24-16-21(18-40-12-10-39(11-13-40)17-19-8-6-5-7-9-19)29(41)26-22(24)14-20-15-23-28(38(3)4)31(43)27(34(36)46)33(45)35(23,47)32(44)25(20)30(26)42/h5-9,16,20,23,28,41-42,45,47H,10-15,17-18H2,1-4H3,(H2,36,46)/t20-,23-,28-,35-/m0/s1. The first-order valence-corrected chi connectivity index (χ1v) is 15.9. The number of ketones is 2. The molecule has 1 amide bonds. The molecule has 6 rings (SSSR count). The van der Waals surface area contributed by atoms with Gasteiger partial charge in [0.05, 0.1) is 11.6 Å². The molecule has 0 radical (unpaired) electrons. The Morgan fingerprint density at radius 3 is 2.17 bits per heavy atom. The quantitative estimate of drug-likeness (QED) is 0.276. The van der Waals surface area contributed by atoms with Crippen LogP contribution in [0, 0.1) is 11.8 Å². The maximum atomic E-state index is 14.2. The number of phenols is 1. The van der Waals surface area contributed by atoms with E-state index in [4.69, 9.17) is 5.73 Å². The Bertz CT molecular complexity index is 1690. The van der Waals surface area contributed by atoms with Gasteiger partial charge in [0.25, 0.3) is 5.91 Å². The van der Waals surface area contributed by atoms with Crippen molar-refractivity contribution in [1.82, 2.24) is 14.7 Å². The Kier molecular flexibility index (Phi) is 8.41. The number of likely N-dealkylation sites (N-methyl/N-ethyl adjacent to an activating group) is 1. The van der Waals surface area contributed by atoms with Crippen molar-refractivity contribution < 1.29 is 34.8 Å². The van der Waals surface area contributed by atoms with Gasteiger partial charge in [-0.1, -0.05) is 30.3 Å². The van der Waals surface area contributed by atoms with Crippen LogP contribution in [0.3, 0.4) is 0 Å². The highest BCUT2D eigenvalue weighted by Crippen LogP contribution is 2.54. The van der Waals surface area contributed by atoms with E-state index in [2.05, 4.69) is 21.9 Å². The molecule has 1 saturated carbocycles. The molecule has 2 aromatic rings. The number of nitrogens with zero attached hydrogens (tertiary/aromatic N) is 4. The highest BCUT2D eigenvalue weighted by molar-refractivity contribution is 6.24. The number of benzene rings is 2. The first-order chi connectivity index (χ1) is 22.2. The summed E-state index contributed by atoms with van der Waals surface area (Å²) in [6.45, 7) is 4.55. The summed E-state index contributed by atoms with van der Waals surface area (Å²) < 4.78 is 0. The fourth-order valence-electron chi connectivity index (χ4n) is 8.05. The summed E-state index contributed by atoms with van der Waals surface area (Å²) in [7, 11) is 6.91. The maximum absolute atomic E-state index is 14.2. The molecule has 0 spiro atoms. The van der Waals surface area contributed by atoms with Gasteiger partial charge in [-0.25, -0.2) is 0 Å². The molecule has 4 aliphatic rings. The lowest BCUT2D eigenvalue weighted by atomic mass is 9.57. The number of rotatable bonds is 7. The first-order valence-electron chi connectivity index (χ1n) is 15.9. The number of phenolic OH excluding ortho intramolecular Hbond substituents is 1. The Balaban J connectivity index is 1.36. The van der Waals surface area contributed by atoms with Gasteiger partial charge in [-0.15, -0.1) is 0 Å². The SMILES string of the molecule is CN(C)c1cc(CN2CCN(Cc3ccccc3)CC2)c(O)c2c1C[C@H]1C[C@H]3[C@H](N(C)C)C(=O)C(C(N)=O)=C(O)[C@@]3(O)C(=O)C1=C2O. The minimum Gasteiger partial charge on any atom is -0.508 e. The summed E-state index contributed by atoms with van der Waals surface area (Å²) in [5.74, 6) is -6.49. The Morgan fingerprint density at radius 1 is 0.979 bits per heavy atom. The number of hydrogen-bond donors (Lipinski definition) is 5. The first kappa shape index (κ1) is 32.7. The molecule has 12 heteroatoms. The van der Waals surface area contributed by atoms with E-state index in [1.165, 1.54) is 10.5 Å². The number of aliphatic hydroxyl groups is 3. The van der Waals surface area contributed by atoms with E-state index in [-0.39, 0.29) is 29.7 Å². The van der Waals surface area contributed by atoms with Gasteiger partial charge in [-0.2, -0.15) is 0 Å². The number of primary amides is 1. The third-order valence-electron chi connectivity index (χ3n) is 10.4. The summed E-state index contributed by atoms with van der Waals surface area (Å²) in [6, 6.07) is 11.1. The van der Waals surface area contributed by atoms with Crippen molar-refractivity contribution in [3.63, 3.8) is 0 Å². The summed E-state index contributed by atoms with van der Waals surface area (Å²) >= 11 is 0. The second-order valence-electron chi connectivity index (χ2n) is 13.7. The minimum absolute atomic E-state index is 0.0500. The molecule has 0 aromatic heterocycles. The van der Waals surface area contributed by atoms with E-state index in [1.807, 2.05) is 43.3 Å². The molecule has 1 heterocycles. The molecule has 1 saturated heterocycles. The maximum Gasteiger partial charge on any atom is 0.255 e. The van der Waals surface area contributed by atoms with Crippen LogP contribution in [0.2, 0.25) is 0 Å². The van der Waals surface area contributed by atoms with Crippen molar-refractivity contribution in [3.8, 4) is 5.75 Å². The average molecular weight is 646 g/mol. The van der Waals surface area contributed by atoms with Crippen LogP contribution in [-0.2, 0) is 33.9 Å². The Labute approximate surface area is 274 Å². The molecular formula is C35H43N5O7. The van der Waals surface area contributed by atoms with Gasteiger partial charge >= 0.3 is 0 Å². The van der Waals surface area contributed by atoms with E-state index < -0.39 is 58.0 Å². The fourth-order valence-corrected chi connectivity index (χ4v) is 8.05. The number of aliphatic hydroxyl groups excluding tert-OH is 2. The smallest absolute Gasteiger partial charge is 0.255 e. The van der Waals surface area contributed by atoms with Gasteiger partial charge in [-0.3, -0.25) is 29.1 Å². The van der Waals surface area contributed by atoms with Gasteiger partial charge < -0.3 is 31.1 Å². The number of anilines is 1. The second-order valence-corrected chi connectivity index (χ2v) is 13.7.